The summed E-state index contributed by atoms with van der Waals surface area (Å²) in [7, 11) is -3.60. The number of hydrogen-bond donors (Lipinski definition) is 0. The van der Waals surface area contributed by atoms with Crippen molar-refractivity contribution in [1.82, 2.24) is 9.19 Å². The van der Waals surface area contributed by atoms with Crippen LogP contribution in [0.2, 0.25) is 0 Å². The van der Waals surface area contributed by atoms with Gasteiger partial charge in [0.15, 0.2) is 0 Å². The molecular formula is C11H11ClN2O2S. The van der Waals surface area contributed by atoms with Gasteiger partial charge in [0.1, 0.15) is 0 Å². The van der Waals surface area contributed by atoms with Crippen molar-refractivity contribution in [2.75, 3.05) is 0 Å². The molecule has 0 atom stereocenters. The van der Waals surface area contributed by atoms with Crippen LogP contribution in [-0.2, 0) is 15.9 Å². The van der Waals surface area contributed by atoms with Crippen LogP contribution in [0.15, 0.2) is 41.6 Å². The van der Waals surface area contributed by atoms with Gasteiger partial charge in [0.25, 0.3) is 10.0 Å². The highest BCUT2D eigenvalue weighted by atomic mass is 35.5. The maximum Gasteiger partial charge on any atom is 0.282 e. The molecule has 0 bridgehead atoms. The molecule has 0 amide bonds. The Morgan fingerprint density at radius 3 is 2.47 bits per heavy atom. The summed E-state index contributed by atoms with van der Waals surface area (Å²) < 4.78 is 25.2. The zero-order chi connectivity index (χ0) is 12.5. The molecule has 0 saturated carbocycles. The van der Waals surface area contributed by atoms with E-state index < -0.39 is 10.0 Å². The molecule has 2 aromatic rings. The van der Waals surface area contributed by atoms with Gasteiger partial charge in [-0.15, -0.1) is 11.6 Å². The van der Waals surface area contributed by atoms with Gasteiger partial charge in [-0.05, 0) is 19.1 Å². The first kappa shape index (κ1) is 12.1. The average molecular weight is 271 g/mol. The van der Waals surface area contributed by atoms with Gasteiger partial charge in [-0.2, -0.15) is 17.6 Å². The number of nitrogens with zero attached hydrogens (tertiary/aromatic N) is 2. The molecule has 0 aliphatic carbocycles. The zero-order valence-electron chi connectivity index (χ0n) is 9.17. The maximum absolute atomic E-state index is 12.1. The van der Waals surface area contributed by atoms with Crippen LogP contribution in [0.25, 0.3) is 0 Å². The fraction of sp³-hybridized carbons (Fsp3) is 0.182. The van der Waals surface area contributed by atoms with E-state index in [1.807, 2.05) is 6.92 Å². The van der Waals surface area contributed by atoms with E-state index in [-0.39, 0.29) is 10.8 Å². The van der Waals surface area contributed by atoms with Crippen LogP contribution >= 0.6 is 11.6 Å². The van der Waals surface area contributed by atoms with E-state index in [0.717, 1.165) is 9.65 Å². The molecule has 0 spiro atoms. The summed E-state index contributed by atoms with van der Waals surface area (Å²) in [5.41, 5.74) is 1.67. The highest BCUT2D eigenvalue weighted by Crippen LogP contribution is 2.14. The summed E-state index contributed by atoms with van der Waals surface area (Å²) in [5.74, 6) is 0.240. The normalized spacial score (nSPS) is 11.6. The van der Waals surface area contributed by atoms with Crippen LogP contribution in [0, 0.1) is 6.92 Å². The molecular weight excluding hydrogens is 260 g/mol. The Kier molecular flexibility index (Phi) is 3.22. The van der Waals surface area contributed by atoms with E-state index in [0.29, 0.717) is 5.56 Å². The summed E-state index contributed by atoms with van der Waals surface area (Å²) in [5, 5.41) is 3.80. The largest absolute Gasteiger partial charge is 0.282 e. The summed E-state index contributed by atoms with van der Waals surface area (Å²) >= 11 is 5.61. The van der Waals surface area contributed by atoms with Crippen LogP contribution in [-0.4, -0.2) is 17.6 Å². The number of halogens is 1. The number of alkyl halides is 1. The quantitative estimate of drug-likeness (QED) is 0.803. The van der Waals surface area contributed by atoms with Crippen molar-refractivity contribution in [2.45, 2.75) is 17.7 Å². The minimum atomic E-state index is -3.60. The van der Waals surface area contributed by atoms with Crippen molar-refractivity contribution in [3.05, 3.63) is 47.8 Å². The van der Waals surface area contributed by atoms with Crippen LogP contribution in [0.1, 0.15) is 11.1 Å². The van der Waals surface area contributed by atoms with E-state index in [9.17, 15) is 8.42 Å². The summed E-state index contributed by atoms with van der Waals surface area (Å²) in [6.45, 7) is 1.90. The molecule has 4 nitrogen and oxygen atoms in total. The van der Waals surface area contributed by atoms with E-state index >= 15 is 0 Å². The zero-order valence-corrected chi connectivity index (χ0v) is 10.7. The fourth-order valence-corrected chi connectivity index (χ4v) is 2.64. The third-order valence-corrected chi connectivity index (χ3v) is 4.20. The molecule has 0 radical (unpaired) electrons. The number of rotatable bonds is 3. The number of benzene rings is 1. The Hall–Kier alpha value is -1.33. The van der Waals surface area contributed by atoms with Gasteiger partial charge in [-0.3, -0.25) is 0 Å². The Bertz CT molecular complexity index is 617. The number of hydrogen-bond acceptors (Lipinski definition) is 3. The summed E-state index contributed by atoms with van der Waals surface area (Å²) in [6.07, 6.45) is 2.86. The predicted octanol–water partition coefficient (Wildman–Crippen LogP) is 2.17. The van der Waals surface area contributed by atoms with Crippen molar-refractivity contribution < 1.29 is 8.42 Å². The second-order valence-electron chi connectivity index (χ2n) is 3.67. The minimum Gasteiger partial charge on any atom is -0.199 e. The molecule has 1 aromatic carbocycles. The van der Waals surface area contributed by atoms with Gasteiger partial charge in [0.2, 0.25) is 0 Å². The van der Waals surface area contributed by atoms with Gasteiger partial charge in [-0.25, -0.2) is 0 Å². The van der Waals surface area contributed by atoms with Crippen molar-refractivity contribution >= 4 is 21.6 Å². The third kappa shape index (κ3) is 2.35. The molecule has 2 rings (SSSR count). The molecule has 17 heavy (non-hydrogen) atoms. The Balaban J connectivity index is 2.46. The van der Waals surface area contributed by atoms with Gasteiger partial charge < -0.3 is 0 Å². The Morgan fingerprint density at radius 1 is 1.29 bits per heavy atom. The van der Waals surface area contributed by atoms with Crippen molar-refractivity contribution in [1.29, 1.82) is 0 Å². The van der Waals surface area contributed by atoms with E-state index in [1.165, 1.54) is 12.4 Å². The first-order valence-corrected chi connectivity index (χ1v) is 6.93. The Labute approximate surface area is 105 Å². The lowest BCUT2D eigenvalue weighted by atomic mass is 10.2. The predicted molar refractivity (Wildman–Crippen MR) is 65.5 cm³/mol. The van der Waals surface area contributed by atoms with Crippen LogP contribution in [0.4, 0.5) is 0 Å². The first-order valence-electron chi connectivity index (χ1n) is 4.96. The van der Waals surface area contributed by atoms with Gasteiger partial charge in [-0.1, -0.05) is 17.7 Å². The molecule has 1 heterocycles. The SMILES string of the molecule is Cc1ccc(S(=O)(=O)n2cc(CCl)cn2)cc1. The first-order chi connectivity index (χ1) is 8.04. The second kappa shape index (κ2) is 4.50. The Morgan fingerprint density at radius 2 is 1.94 bits per heavy atom. The molecule has 90 valence electrons. The minimum absolute atomic E-state index is 0.215. The van der Waals surface area contributed by atoms with Crippen LogP contribution < -0.4 is 0 Å². The highest BCUT2D eigenvalue weighted by Gasteiger charge is 2.17. The highest BCUT2D eigenvalue weighted by molar-refractivity contribution is 7.89. The topological polar surface area (TPSA) is 52.0 Å². The lowest BCUT2D eigenvalue weighted by Crippen LogP contribution is -2.13. The average Bonchev–Trinajstić information content (AvgIpc) is 2.78. The van der Waals surface area contributed by atoms with Crippen molar-refractivity contribution in [3.8, 4) is 0 Å². The molecule has 0 unspecified atom stereocenters. The molecule has 0 aliphatic rings. The van der Waals surface area contributed by atoms with E-state index in [4.69, 9.17) is 11.6 Å². The standard InChI is InChI=1S/C11H11ClN2O2S/c1-9-2-4-11(5-3-9)17(15,16)14-8-10(6-12)7-13-14/h2-5,7-8H,6H2,1H3. The van der Waals surface area contributed by atoms with Crippen molar-refractivity contribution in [2.24, 2.45) is 0 Å². The van der Waals surface area contributed by atoms with E-state index in [2.05, 4.69) is 5.10 Å². The van der Waals surface area contributed by atoms with Gasteiger partial charge in [0, 0.05) is 11.8 Å². The van der Waals surface area contributed by atoms with Crippen LogP contribution in [0.5, 0.6) is 0 Å². The molecule has 0 N–H and O–H groups in total. The monoisotopic (exact) mass is 270 g/mol. The molecule has 6 heteroatoms. The molecule has 0 saturated heterocycles. The van der Waals surface area contributed by atoms with Crippen molar-refractivity contribution in [3.63, 3.8) is 0 Å². The molecule has 0 aliphatic heterocycles. The fourth-order valence-electron chi connectivity index (χ4n) is 1.36. The third-order valence-electron chi connectivity index (χ3n) is 2.33. The van der Waals surface area contributed by atoms with Gasteiger partial charge >= 0.3 is 0 Å². The lowest BCUT2D eigenvalue weighted by Gasteiger charge is -2.04. The lowest BCUT2D eigenvalue weighted by molar-refractivity contribution is 0.580. The van der Waals surface area contributed by atoms with Gasteiger partial charge in [0.05, 0.1) is 17.0 Å². The van der Waals surface area contributed by atoms with E-state index in [1.54, 1.807) is 24.3 Å². The smallest absolute Gasteiger partial charge is 0.199 e. The number of aryl methyl sites for hydroxylation is 1. The maximum atomic E-state index is 12.1. The summed E-state index contributed by atoms with van der Waals surface area (Å²) in [4.78, 5) is 0.215. The number of aromatic nitrogens is 2. The second-order valence-corrected chi connectivity index (χ2v) is 5.74. The van der Waals surface area contributed by atoms with Crippen LogP contribution in [0.3, 0.4) is 0 Å². The molecule has 1 aromatic heterocycles. The summed E-state index contributed by atoms with van der Waals surface area (Å²) in [6, 6.07) is 6.62. The molecule has 0 fully saturated rings.